The molecule has 2 aromatic carbocycles. The molecule has 3 aliphatic rings. The van der Waals surface area contributed by atoms with Crippen molar-refractivity contribution in [3.8, 4) is 0 Å². The summed E-state index contributed by atoms with van der Waals surface area (Å²) in [5, 5.41) is 0. The molecule has 0 heterocycles. The fourth-order valence-electron chi connectivity index (χ4n) is 4.21. The van der Waals surface area contributed by atoms with Gasteiger partial charge >= 0.3 is 0 Å². The predicted octanol–water partition coefficient (Wildman–Crippen LogP) is 4.17. The second-order valence-corrected chi connectivity index (χ2v) is 6.74. The highest BCUT2D eigenvalue weighted by molar-refractivity contribution is 5.85. The van der Waals surface area contributed by atoms with Gasteiger partial charge in [0.1, 0.15) is 5.60 Å². The van der Waals surface area contributed by atoms with E-state index in [1.54, 1.807) is 0 Å². The SMILES string of the molecule is CN(C)CCOC12CCC(c3ccccc31)c1ccccc12.Cl. The number of nitrogens with zero attached hydrogens (tertiary/aromatic N) is 1. The van der Waals surface area contributed by atoms with Gasteiger partial charge in [-0.1, -0.05) is 48.5 Å². The van der Waals surface area contributed by atoms with Gasteiger partial charge < -0.3 is 9.64 Å². The second-order valence-electron chi connectivity index (χ2n) is 6.74. The fraction of sp³-hybridized carbons (Fsp3) is 0.400. The van der Waals surface area contributed by atoms with E-state index < -0.39 is 0 Å². The number of hydrogen-bond acceptors (Lipinski definition) is 2. The molecule has 0 aliphatic heterocycles. The van der Waals surface area contributed by atoms with Gasteiger partial charge in [0.05, 0.1) is 6.61 Å². The third-order valence-electron chi connectivity index (χ3n) is 5.21. The minimum absolute atomic E-state index is 0. The number of fused-ring (bicyclic) bond motifs is 1. The Balaban J connectivity index is 0.00000156. The van der Waals surface area contributed by atoms with E-state index in [4.69, 9.17) is 4.74 Å². The highest BCUT2D eigenvalue weighted by atomic mass is 35.5. The van der Waals surface area contributed by atoms with E-state index in [-0.39, 0.29) is 18.0 Å². The predicted molar refractivity (Wildman–Crippen MR) is 96.5 cm³/mol. The molecule has 2 aromatic rings. The number of ether oxygens (including phenoxy) is 1. The van der Waals surface area contributed by atoms with Crippen LogP contribution in [0.15, 0.2) is 48.5 Å². The largest absolute Gasteiger partial charge is 0.364 e. The van der Waals surface area contributed by atoms with Crippen molar-refractivity contribution in [1.82, 2.24) is 4.90 Å². The summed E-state index contributed by atoms with van der Waals surface area (Å²) >= 11 is 0. The van der Waals surface area contributed by atoms with Crippen molar-refractivity contribution >= 4 is 12.4 Å². The van der Waals surface area contributed by atoms with Gasteiger partial charge in [0.2, 0.25) is 0 Å². The van der Waals surface area contributed by atoms with Gasteiger partial charge in [-0.3, -0.25) is 0 Å². The lowest BCUT2D eigenvalue weighted by Gasteiger charge is -2.49. The molecule has 2 nitrogen and oxygen atoms in total. The van der Waals surface area contributed by atoms with Crippen molar-refractivity contribution in [3.05, 3.63) is 70.8 Å². The molecule has 2 bridgehead atoms. The summed E-state index contributed by atoms with van der Waals surface area (Å²) in [4.78, 5) is 2.18. The van der Waals surface area contributed by atoms with Gasteiger partial charge in [0.15, 0.2) is 0 Å². The van der Waals surface area contributed by atoms with Gasteiger partial charge in [-0.25, -0.2) is 0 Å². The lowest BCUT2D eigenvalue weighted by atomic mass is 9.61. The lowest BCUT2D eigenvalue weighted by Crippen LogP contribution is -2.43. The zero-order valence-corrected chi connectivity index (χ0v) is 14.6. The fourth-order valence-corrected chi connectivity index (χ4v) is 4.21. The third-order valence-corrected chi connectivity index (χ3v) is 5.21. The quantitative estimate of drug-likeness (QED) is 0.834. The van der Waals surface area contributed by atoms with Gasteiger partial charge in [0.25, 0.3) is 0 Å². The van der Waals surface area contributed by atoms with Gasteiger partial charge in [-0.05, 0) is 49.2 Å². The number of benzene rings is 2. The Labute approximate surface area is 144 Å². The van der Waals surface area contributed by atoms with E-state index in [9.17, 15) is 0 Å². The van der Waals surface area contributed by atoms with E-state index >= 15 is 0 Å². The van der Waals surface area contributed by atoms with E-state index in [0.717, 1.165) is 19.6 Å². The maximum Gasteiger partial charge on any atom is 0.119 e. The van der Waals surface area contributed by atoms with Crippen LogP contribution in [0.1, 0.15) is 41.0 Å². The number of hydrogen-bond donors (Lipinski definition) is 0. The maximum absolute atomic E-state index is 6.58. The topological polar surface area (TPSA) is 12.5 Å². The molecule has 0 unspecified atom stereocenters. The molecule has 0 saturated heterocycles. The first-order valence-corrected chi connectivity index (χ1v) is 8.20. The molecule has 5 rings (SSSR count). The molecule has 0 saturated carbocycles. The van der Waals surface area contributed by atoms with Crippen molar-refractivity contribution in [2.45, 2.75) is 24.4 Å². The summed E-state index contributed by atoms with van der Waals surface area (Å²) < 4.78 is 6.58. The average molecular weight is 330 g/mol. The molecule has 0 fully saturated rings. The van der Waals surface area contributed by atoms with Crippen LogP contribution in [0.5, 0.6) is 0 Å². The smallest absolute Gasteiger partial charge is 0.119 e. The summed E-state index contributed by atoms with van der Waals surface area (Å²) in [5.74, 6) is 0.548. The van der Waals surface area contributed by atoms with Crippen LogP contribution < -0.4 is 0 Å². The molecule has 3 heteroatoms. The van der Waals surface area contributed by atoms with E-state index in [1.165, 1.54) is 28.7 Å². The molecular weight excluding hydrogens is 306 g/mol. The van der Waals surface area contributed by atoms with Crippen LogP contribution in [-0.2, 0) is 10.3 Å². The lowest BCUT2D eigenvalue weighted by molar-refractivity contribution is -0.0436. The van der Waals surface area contributed by atoms with Gasteiger partial charge in [-0.15, -0.1) is 12.4 Å². The zero-order chi connectivity index (χ0) is 15.2. The first kappa shape index (κ1) is 16.5. The van der Waals surface area contributed by atoms with Crippen molar-refractivity contribution in [2.24, 2.45) is 0 Å². The van der Waals surface area contributed by atoms with E-state index in [1.807, 2.05) is 0 Å². The first-order valence-electron chi connectivity index (χ1n) is 8.20. The number of likely N-dealkylation sites (N-methyl/N-ethyl adjacent to an activating group) is 1. The van der Waals surface area contributed by atoms with Crippen molar-refractivity contribution in [3.63, 3.8) is 0 Å². The van der Waals surface area contributed by atoms with Crippen molar-refractivity contribution < 1.29 is 4.74 Å². The van der Waals surface area contributed by atoms with Crippen LogP contribution in [0.2, 0.25) is 0 Å². The molecule has 0 radical (unpaired) electrons. The zero-order valence-electron chi connectivity index (χ0n) is 13.8. The van der Waals surface area contributed by atoms with E-state index in [0.29, 0.717) is 5.92 Å². The Hall–Kier alpha value is -1.35. The molecule has 0 spiro atoms. The Morgan fingerprint density at radius 2 is 1.57 bits per heavy atom. The molecule has 0 aromatic heterocycles. The van der Waals surface area contributed by atoms with Crippen LogP contribution in [0, 0.1) is 0 Å². The average Bonchev–Trinajstić information content (AvgIpc) is 2.55. The third kappa shape index (κ3) is 2.50. The monoisotopic (exact) mass is 329 g/mol. The standard InChI is InChI=1S/C20H23NO.ClH/c1-21(2)13-14-22-20-12-11-15(16-7-3-5-9-18(16)20)17-8-4-6-10-19(17)20;/h3-10,15H,11-14H2,1-2H3;1H. The molecule has 0 N–H and O–H groups in total. The van der Waals surface area contributed by atoms with Crippen LogP contribution in [-0.4, -0.2) is 32.1 Å². The highest BCUT2D eigenvalue weighted by Crippen LogP contribution is 2.56. The maximum atomic E-state index is 6.58. The number of rotatable bonds is 4. The van der Waals surface area contributed by atoms with Crippen LogP contribution in [0.3, 0.4) is 0 Å². The van der Waals surface area contributed by atoms with Crippen molar-refractivity contribution in [2.75, 3.05) is 27.2 Å². The summed E-state index contributed by atoms with van der Waals surface area (Å²) in [6, 6.07) is 17.8. The molecule has 0 amide bonds. The Morgan fingerprint density at radius 3 is 2.13 bits per heavy atom. The first-order chi connectivity index (χ1) is 10.7. The Morgan fingerprint density at radius 1 is 1.00 bits per heavy atom. The van der Waals surface area contributed by atoms with Crippen molar-refractivity contribution in [1.29, 1.82) is 0 Å². The summed E-state index contributed by atoms with van der Waals surface area (Å²) in [5.41, 5.74) is 5.49. The molecule has 122 valence electrons. The van der Waals surface area contributed by atoms with Gasteiger partial charge in [-0.2, -0.15) is 0 Å². The summed E-state index contributed by atoms with van der Waals surface area (Å²) in [7, 11) is 4.20. The van der Waals surface area contributed by atoms with Gasteiger partial charge in [0, 0.05) is 12.5 Å². The molecule has 3 aliphatic carbocycles. The van der Waals surface area contributed by atoms with E-state index in [2.05, 4.69) is 67.5 Å². The summed E-state index contributed by atoms with van der Waals surface area (Å²) in [6.45, 7) is 1.72. The minimum atomic E-state index is -0.238. The van der Waals surface area contributed by atoms with Crippen LogP contribution >= 0.6 is 12.4 Å². The molecular formula is C20H24ClNO. The van der Waals surface area contributed by atoms with Crippen LogP contribution in [0.4, 0.5) is 0 Å². The van der Waals surface area contributed by atoms with Crippen LogP contribution in [0.25, 0.3) is 0 Å². The Bertz CT molecular complexity index is 650. The molecule has 0 atom stereocenters. The Kier molecular flexibility index (Phi) is 4.50. The molecule has 23 heavy (non-hydrogen) atoms. The second kappa shape index (κ2) is 6.27. The normalized spacial score (nSPS) is 24.0. The minimum Gasteiger partial charge on any atom is -0.364 e. The number of halogens is 1. The summed E-state index contributed by atoms with van der Waals surface area (Å²) in [6.07, 6.45) is 2.29. The highest BCUT2D eigenvalue weighted by Gasteiger charge is 2.48.